The predicted octanol–water partition coefficient (Wildman–Crippen LogP) is 4.84. The van der Waals surface area contributed by atoms with Gasteiger partial charge in [-0.25, -0.2) is 0 Å². The van der Waals surface area contributed by atoms with Crippen LogP contribution in [0.3, 0.4) is 0 Å². The fourth-order valence-electron chi connectivity index (χ4n) is 2.46. The third-order valence-electron chi connectivity index (χ3n) is 3.58. The minimum absolute atomic E-state index is 0.383. The smallest absolute Gasteiger partial charge is 0.0125 e. The molecule has 0 amide bonds. The van der Waals surface area contributed by atoms with E-state index in [1.165, 1.54) is 24.8 Å². The summed E-state index contributed by atoms with van der Waals surface area (Å²) in [5.74, 6) is 0. The molecule has 1 radical (unpaired) electrons. The van der Waals surface area contributed by atoms with Crippen molar-refractivity contribution in [3.8, 4) is 0 Å². The third kappa shape index (κ3) is 3.09. The van der Waals surface area contributed by atoms with Gasteiger partial charge in [-0.1, -0.05) is 49.3 Å². The Balaban J connectivity index is 2.85. The van der Waals surface area contributed by atoms with Crippen LogP contribution in [0.15, 0.2) is 28.9 Å². The Bertz CT molecular complexity index is 300. The van der Waals surface area contributed by atoms with E-state index in [-0.39, 0.29) is 0 Å². The first-order valence-corrected chi connectivity index (χ1v) is 5.88. The van der Waals surface area contributed by atoms with Crippen molar-refractivity contribution in [2.45, 2.75) is 53.4 Å². The molecular weight excluding hydrogens is 180 g/mol. The van der Waals surface area contributed by atoms with Crippen molar-refractivity contribution in [2.75, 3.05) is 0 Å². The summed E-state index contributed by atoms with van der Waals surface area (Å²) in [6.45, 7) is 14.5. The van der Waals surface area contributed by atoms with Crippen LogP contribution in [0.4, 0.5) is 0 Å². The fraction of sp³-hybridized carbons (Fsp3) is 0.600. The Labute approximate surface area is 94.8 Å². The summed E-state index contributed by atoms with van der Waals surface area (Å²) in [6.07, 6.45) is 8.93. The van der Waals surface area contributed by atoms with E-state index in [1.54, 1.807) is 17.2 Å². The van der Waals surface area contributed by atoms with Crippen LogP contribution in [-0.4, -0.2) is 0 Å². The normalized spacial score (nSPS) is 21.7. The van der Waals surface area contributed by atoms with E-state index in [0.717, 1.165) is 6.42 Å². The Morgan fingerprint density at radius 1 is 1.47 bits per heavy atom. The van der Waals surface area contributed by atoms with Gasteiger partial charge < -0.3 is 0 Å². The predicted molar refractivity (Wildman–Crippen MR) is 67.6 cm³/mol. The van der Waals surface area contributed by atoms with E-state index >= 15 is 0 Å². The zero-order valence-corrected chi connectivity index (χ0v) is 10.6. The number of allylic oxidation sites excluding steroid dienone is 5. The zero-order chi connectivity index (χ0) is 11.5. The third-order valence-corrected chi connectivity index (χ3v) is 3.58. The van der Waals surface area contributed by atoms with Crippen molar-refractivity contribution in [3.05, 3.63) is 35.5 Å². The molecule has 1 rings (SSSR count). The van der Waals surface area contributed by atoms with Gasteiger partial charge >= 0.3 is 0 Å². The van der Waals surface area contributed by atoms with Crippen LogP contribution in [0.25, 0.3) is 0 Å². The minimum atomic E-state index is 0.383. The van der Waals surface area contributed by atoms with Crippen molar-refractivity contribution < 1.29 is 0 Å². The van der Waals surface area contributed by atoms with Gasteiger partial charge in [0.25, 0.3) is 0 Å². The maximum atomic E-state index is 5.48. The summed E-state index contributed by atoms with van der Waals surface area (Å²) >= 11 is 0. The first-order valence-electron chi connectivity index (χ1n) is 5.88. The van der Waals surface area contributed by atoms with Crippen molar-refractivity contribution in [1.29, 1.82) is 0 Å². The lowest BCUT2D eigenvalue weighted by Gasteiger charge is -2.34. The Morgan fingerprint density at radius 3 is 2.67 bits per heavy atom. The minimum Gasteiger partial charge on any atom is -0.0775 e. The second-order valence-corrected chi connectivity index (χ2v) is 5.32. The molecule has 0 N–H and O–H groups in total. The van der Waals surface area contributed by atoms with Crippen molar-refractivity contribution in [2.24, 2.45) is 5.41 Å². The van der Waals surface area contributed by atoms with E-state index in [2.05, 4.69) is 33.8 Å². The first-order chi connectivity index (χ1) is 6.97. The summed E-state index contributed by atoms with van der Waals surface area (Å²) in [4.78, 5) is 0. The van der Waals surface area contributed by atoms with E-state index < -0.39 is 0 Å². The molecule has 0 aromatic rings. The van der Waals surface area contributed by atoms with E-state index in [9.17, 15) is 0 Å². The monoisotopic (exact) mass is 203 g/mol. The van der Waals surface area contributed by atoms with Gasteiger partial charge in [-0.3, -0.25) is 0 Å². The molecule has 1 aliphatic carbocycles. The zero-order valence-electron chi connectivity index (χ0n) is 10.6. The highest BCUT2D eigenvalue weighted by molar-refractivity contribution is 5.26. The standard InChI is InChI=1S/C15H23/c1-6-12(2)9-10-14-13(3)8-7-11-15(14,4)5/h1,6,9H,7-8,10-11H2,2-5H3. The molecule has 83 valence electrons. The van der Waals surface area contributed by atoms with Crippen molar-refractivity contribution in [3.63, 3.8) is 0 Å². The molecule has 15 heavy (non-hydrogen) atoms. The molecule has 0 aromatic heterocycles. The molecule has 1 aliphatic rings. The molecule has 0 atom stereocenters. The summed E-state index contributed by atoms with van der Waals surface area (Å²) < 4.78 is 0. The average Bonchev–Trinajstić information content (AvgIpc) is 2.15. The molecule has 0 heteroatoms. The SMILES string of the molecule is [CH]=CC(C)=CCC1=C(C)CCCC1(C)C. The largest absolute Gasteiger partial charge is 0.0775 e. The number of hydrogen-bond acceptors (Lipinski definition) is 0. The van der Waals surface area contributed by atoms with Crippen LogP contribution >= 0.6 is 0 Å². The van der Waals surface area contributed by atoms with Crippen molar-refractivity contribution >= 4 is 0 Å². The van der Waals surface area contributed by atoms with Gasteiger partial charge in [-0.15, -0.1) is 0 Å². The van der Waals surface area contributed by atoms with Gasteiger partial charge in [0, 0.05) is 0 Å². The topological polar surface area (TPSA) is 0 Å². The van der Waals surface area contributed by atoms with Crippen LogP contribution in [0, 0.1) is 12.0 Å². The molecule has 0 bridgehead atoms. The number of rotatable bonds is 3. The van der Waals surface area contributed by atoms with Gasteiger partial charge in [-0.05, 0) is 44.9 Å². The fourth-order valence-corrected chi connectivity index (χ4v) is 2.46. The van der Waals surface area contributed by atoms with Crippen molar-refractivity contribution in [1.82, 2.24) is 0 Å². The molecule has 0 unspecified atom stereocenters. The second-order valence-electron chi connectivity index (χ2n) is 5.32. The quantitative estimate of drug-likeness (QED) is 0.455. The number of hydrogen-bond donors (Lipinski definition) is 0. The Hall–Kier alpha value is -0.780. The first kappa shape index (κ1) is 12.3. The summed E-state index contributed by atoms with van der Waals surface area (Å²) in [7, 11) is 0. The molecule has 0 aliphatic heterocycles. The molecule has 0 heterocycles. The molecule has 0 saturated heterocycles. The Morgan fingerprint density at radius 2 is 2.13 bits per heavy atom. The van der Waals surface area contributed by atoms with Crippen LogP contribution in [0.5, 0.6) is 0 Å². The lowest BCUT2D eigenvalue weighted by Crippen LogP contribution is -2.20. The van der Waals surface area contributed by atoms with E-state index in [0.29, 0.717) is 5.41 Å². The van der Waals surface area contributed by atoms with Gasteiger partial charge in [-0.2, -0.15) is 0 Å². The second kappa shape index (κ2) is 4.83. The Kier molecular flexibility index (Phi) is 3.96. The molecule has 0 fully saturated rings. The van der Waals surface area contributed by atoms with Crippen LogP contribution in [0.2, 0.25) is 0 Å². The molecule has 0 spiro atoms. The van der Waals surface area contributed by atoms with Gasteiger partial charge in [0.05, 0.1) is 0 Å². The van der Waals surface area contributed by atoms with Crippen LogP contribution < -0.4 is 0 Å². The molecule has 0 saturated carbocycles. The average molecular weight is 203 g/mol. The molecule has 0 nitrogen and oxygen atoms in total. The van der Waals surface area contributed by atoms with Gasteiger partial charge in [0.15, 0.2) is 0 Å². The highest BCUT2D eigenvalue weighted by Crippen LogP contribution is 2.41. The van der Waals surface area contributed by atoms with Crippen LogP contribution in [0.1, 0.15) is 53.4 Å². The maximum absolute atomic E-state index is 5.48. The van der Waals surface area contributed by atoms with Crippen LogP contribution in [-0.2, 0) is 0 Å². The summed E-state index contributed by atoms with van der Waals surface area (Å²) in [6, 6.07) is 0. The van der Waals surface area contributed by atoms with Gasteiger partial charge in [0.2, 0.25) is 0 Å². The van der Waals surface area contributed by atoms with E-state index in [1.807, 2.05) is 0 Å². The summed E-state index contributed by atoms with van der Waals surface area (Å²) in [5, 5.41) is 0. The highest BCUT2D eigenvalue weighted by atomic mass is 14.3. The highest BCUT2D eigenvalue weighted by Gasteiger charge is 2.27. The maximum Gasteiger partial charge on any atom is -0.0125 e. The van der Waals surface area contributed by atoms with E-state index in [4.69, 9.17) is 6.58 Å². The lowest BCUT2D eigenvalue weighted by molar-refractivity contribution is 0.360. The summed E-state index contributed by atoms with van der Waals surface area (Å²) in [5.41, 5.74) is 4.77. The molecule has 0 aromatic carbocycles. The van der Waals surface area contributed by atoms with Gasteiger partial charge in [0.1, 0.15) is 0 Å². The molecular formula is C15H23. The lowest BCUT2D eigenvalue weighted by atomic mass is 9.71.